The van der Waals surface area contributed by atoms with Gasteiger partial charge in [-0.3, -0.25) is 9.78 Å². The summed E-state index contributed by atoms with van der Waals surface area (Å²) in [5.74, 6) is 0.625. The normalized spacial score (nSPS) is 14.3. The molecule has 2 aromatic heterocycles. The molecule has 3 heterocycles. The van der Waals surface area contributed by atoms with Crippen LogP contribution in [0, 0.1) is 0 Å². The van der Waals surface area contributed by atoms with E-state index in [0.29, 0.717) is 30.8 Å². The van der Waals surface area contributed by atoms with E-state index in [-0.39, 0.29) is 11.9 Å². The Kier molecular flexibility index (Phi) is 2.47. The number of hydrogen-bond acceptors (Lipinski definition) is 5. The summed E-state index contributed by atoms with van der Waals surface area (Å²) in [6, 6.07) is 3.66. The Labute approximate surface area is 103 Å². The van der Waals surface area contributed by atoms with Crippen LogP contribution in [0.2, 0.25) is 0 Å². The van der Waals surface area contributed by atoms with Gasteiger partial charge < -0.3 is 15.1 Å². The first-order valence-corrected chi connectivity index (χ1v) is 5.67. The average Bonchev–Trinajstić information content (AvgIpc) is 2.78. The van der Waals surface area contributed by atoms with Crippen molar-refractivity contribution in [3.05, 3.63) is 41.5 Å². The molecule has 1 amide bonds. The second-order valence-electron chi connectivity index (χ2n) is 4.14. The number of fused-ring (bicyclic) bond motifs is 1. The summed E-state index contributed by atoms with van der Waals surface area (Å²) in [4.78, 5) is 21.9. The topological polar surface area (TPSA) is 85.2 Å². The SMILES string of the molecule is Nc1nc2c(o1)CN(C(=O)c1cccnc1)CC2. The lowest BCUT2D eigenvalue weighted by Crippen LogP contribution is -2.35. The minimum Gasteiger partial charge on any atom is -0.427 e. The Morgan fingerprint density at radius 2 is 2.39 bits per heavy atom. The summed E-state index contributed by atoms with van der Waals surface area (Å²) in [6.45, 7) is 1.03. The molecule has 0 radical (unpaired) electrons. The van der Waals surface area contributed by atoms with Gasteiger partial charge in [0.2, 0.25) is 0 Å². The largest absolute Gasteiger partial charge is 0.427 e. The molecular formula is C12H12N4O2. The van der Waals surface area contributed by atoms with Crippen LogP contribution in [0.1, 0.15) is 21.8 Å². The first-order valence-electron chi connectivity index (χ1n) is 5.67. The summed E-state index contributed by atoms with van der Waals surface area (Å²) in [5.41, 5.74) is 6.93. The molecule has 0 atom stereocenters. The van der Waals surface area contributed by atoms with Crippen molar-refractivity contribution in [1.29, 1.82) is 0 Å². The third-order valence-corrected chi connectivity index (χ3v) is 2.94. The van der Waals surface area contributed by atoms with E-state index in [4.69, 9.17) is 10.2 Å². The summed E-state index contributed by atoms with van der Waals surface area (Å²) in [7, 11) is 0. The van der Waals surface area contributed by atoms with Crippen LogP contribution in [0.4, 0.5) is 6.01 Å². The molecule has 2 N–H and O–H groups in total. The number of hydrogen-bond donors (Lipinski definition) is 1. The monoisotopic (exact) mass is 244 g/mol. The van der Waals surface area contributed by atoms with Crippen molar-refractivity contribution in [2.75, 3.05) is 12.3 Å². The van der Waals surface area contributed by atoms with Gasteiger partial charge in [-0.25, -0.2) is 0 Å². The summed E-state index contributed by atoms with van der Waals surface area (Å²) >= 11 is 0. The Morgan fingerprint density at radius 1 is 1.50 bits per heavy atom. The number of carbonyl (C=O) groups excluding carboxylic acids is 1. The molecule has 0 saturated carbocycles. The number of rotatable bonds is 1. The molecule has 1 aliphatic heterocycles. The highest BCUT2D eigenvalue weighted by Crippen LogP contribution is 2.21. The summed E-state index contributed by atoms with van der Waals surface area (Å²) in [6.07, 6.45) is 3.87. The number of aromatic nitrogens is 2. The number of nitrogen functional groups attached to an aromatic ring is 1. The van der Waals surface area contributed by atoms with E-state index in [2.05, 4.69) is 9.97 Å². The lowest BCUT2D eigenvalue weighted by Gasteiger charge is -2.25. The van der Waals surface area contributed by atoms with Crippen molar-refractivity contribution < 1.29 is 9.21 Å². The maximum Gasteiger partial charge on any atom is 0.292 e. The predicted octanol–water partition coefficient (Wildman–Crippen LogP) is 0.850. The molecule has 0 aliphatic carbocycles. The zero-order valence-electron chi connectivity index (χ0n) is 9.67. The maximum atomic E-state index is 12.2. The van der Waals surface area contributed by atoms with Crippen molar-refractivity contribution in [3.63, 3.8) is 0 Å². The molecule has 18 heavy (non-hydrogen) atoms. The van der Waals surface area contributed by atoms with Gasteiger partial charge in [-0.2, -0.15) is 4.98 Å². The molecule has 6 nitrogen and oxygen atoms in total. The van der Waals surface area contributed by atoms with Crippen LogP contribution >= 0.6 is 0 Å². The summed E-state index contributed by atoms with van der Waals surface area (Å²) in [5, 5.41) is 0. The highest BCUT2D eigenvalue weighted by Gasteiger charge is 2.25. The van der Waals surface area contributed by atoms with Crippen molar-refractivity contribution in [2.45, 2.75) is 13.0 Å². The van der Waals surface area contributed by atoms with Gasteiger partial charge in [0.1, 0.15) is 5.76 Å². The first-order chi connectivity index (χ1) is 8.74. The van der Waals surface area contributed by atoms with E-state index < -0.39 is 0 Å². The van der Waals surface area contributed by atoms with Crippen LogP contribution in [0.5, 0.6) is 0 Å². The Balaban J connectivity index is 1.82. The molecule has 1 aliphatic rings. The highest BCUT2D eigenvalue weighted by molar-refractivity contribution is 5.93. The molecule has 3 rings (SSSR count). The molecular weight excluding hydrogens is 232 g/mol. The third-order valence-electron chi connectivity index (χ3n) is 2.94. The van der Waals surface area contributed by atoms with Gasteiger partial charge in [-0.15, -0.1) is 0 Å². The van der Waals surface area contributed by atoms with Gasteiger partial charge in [0, 0.05) is 25.4 Å². The Morgan fingerprint density at radius 3 is 3.17 bits per heavy atom. The quantitative estimate of drug-likeness (QED) is 0.803. The molecule has 0 unspecified atom stereocenters. The van der Waals surface area contributed by atoms with Gasteiger partial charge >= 0.3 is 0 Å². The fourth-order valence-corrected chi connectivity index (χ4v) is 2.06. The second-order valence-corrected chi connectivity index (χ2v) is 4.14. The van der Waals surface area contributed by atoms with E-state index in [1.807, 2.05) is 0 Å². The number of amides is 1. The van der Waals surface area contributed by atoms with Crippen molar-refractivity contribution in [1.82, 2.24) is 14.9 Å². The van der Waals surface area contributed by atoms with E-state index >= 15 is 0 Å². The van der Waals surface area contributed by atoms with Gasteiger partial charge in [-0.05, 0) is 12.1 Å². The molecule has 6 heteroatoms. The minimum absolute atomic E-state index is 0.0521. The standard InChI is InChI=1S/C12H12N4O2/c13-12-15-9-3-5-16(7-10(9)18-12)11(17)8-2-1-4-14-6-8/h1-2,4,6H,3,5,7H2,(H2,13,15). The lowest BCUT2D eigenvalue weighted by molar-refractivity contribution is 0.0719. The number of nitrogens with two attached hydrogens (primary N) is 1. The van der Waals surface area contributed by atoms with E-state index in [1.165, 1.54) is 0 Å². The van der Waals surface area contributed by atoms with Crippen LogP contribution in [0.25, 0.3) is 0 Å². The van der Waals surface area contributed by atoms with Gasteiger partial charge in [0.05, 0.1) is 17.8 Å². The minimum atomic E-state index is -0.0521. The molecule has 0 bridgehead atoms. The van der Waals surface area contributed by atoms with E-state index in [1.54, 1.807) is 29.4 Å². The third kappa shape index (κ3) is 1.81. The molecule has 92 valence electrons. The van der Waals surface area contributed by atoms with Crippen molar-refractivity contribution in [2.24, 2.45) is 0 Å². The Hall–Kier alpha value is -2.37. The van der Waals surface area contributed by atoms with Crippen LogP contribution in [-0.2, 0) is 13.0 Å². The van der Waals surface area contributed by atoms with Crippen LogP contribution in [0.3, 0.4) is 0 Å². The Bertz CT molecular complexity index is 579. The second kappa shape index (κ2) is 4.14. The zero-order valence-corrected chi connectivity index (χ0v) is 9.67. The number of oxazole rings is 1. The smallest absolute Gasteiger partial charge is 0.292 e. The molecule has 0 saturated heterocycles. The molecule has 0 spiro atoms. The summed E-state index contributed by atoms with van der Waals surface area (Å²) < 4.78 is 5.28. The van der Waals surface area contributed by atoms with Crippen LogP contribution < -0.4 is 5.73 Å². The molecule has 2 aromatic rings. The molecule has 0 fully saturated rings. The lowest BCUT2D eigenvalue weighted by atomic mass is 10.1. The highest BCUT2D eigenvalue weighted by atomic mass is 16.4. The predicted molar refractivity (Wildman–Crippen MR) is 63.6 cm³/mol. The molecule has 0 aromatic carbocycles. The van der Waals surface area contributed by atoms with Gasteiger partial charge in [0.25, 0.3) is 11.9 Å². The van der Waals surface area contributed by atoms with E-state index in [9.17, 15) is 4.79 Å². The first kappa shape index (κ1) is 10.8. The number of carbonyl (C=O) groups is 1. The number of anilines is 1. The fourth-order valence-electron chi connectivity index (χ4n) is 2.06. The van der Waals surface area contributed by atoms with Crippen molar-refractivity contribution >= 4 is 11.9 Å². The van der Waals surface area contributed by atoms with Gasteiger partial charge in [-0.1, -0.05) is 0 Å². The zero-order chi connectivity index (χ0) is 12.5. The maximum absolute atomic E-state index is 12.2. The number of nitrogens with zero attached hydrogens (tertiary/aromatic N) is 3. The number of pyridine rings is 1. The van der Waals surface area contributed by atoms with Gasteiger partial charge in [0.15, 0.2) is 0 Å². The fraction of sp³-hybridized carbons (Fsp3) is 0.250. The van der Waals surface area contributed by atoms with Crippen LogP contribution in [-0.4, -0.2) is 27.3 Å². The van der Waals surface area contributed by atoms with E-state index in [0.717, 1.165) is 5.69 Å². The van der Waals surface area contributed by atoms with Crippen LogP contribution in [0.15, 0.2) is 28.9 Å². The average molecular weight is 244 g/mol. The van der Waals surface area contributed by atoms with Crippen molar-refractivity contribution in [3.8, 4) is 0 Å².